The molecule has 1 saturated heterocycles. The average molecular weight is 431 g/mol. The van der Waals surface area contributed by atoms with Crippen molar-refractivity contribution in [3.05, 3.63) is 64.1 Å². The lowest BCUT2D eigenvalue weighted by Crippen LogP contribution is -2.63. The summed E-state index contributed by atoms with van der Waals surface area (Å²) < 4.78 is 5.46. The number of terminal acetylenes is 1. The zero-order valence-electron chi connectivity index (χ0n) is 15.7. The van der Waals surface area contributed by atoms with Crippen molar-refractivity contribution in [2.75, 3.05) is 18.1 Å². The van der Waals surface area contributed by atoms with Crippen LogP contribution in [0.1, 0.15) is 18.4 Å². The Bertz CT molecular complexity index is 949. The SMILES string of the molecule is C#CC(=O)N(c1cccc(Cl)c1)C1(C(=O)NCc2cccc(Cl)c2)CCOCC1. The summed E-state index contributed by atoms with van der Waals surface area (Å²) in [6.07, 6.45) is 6.07. The molecule has 150 valence electrons. The molecule has 0 saturated carbocycles. The molecule has 1 heterocycles. The molecule has 5 nitrogen and oxygen atoms in total. The minimum Gasteiger partial charge on any atom is -0.381 e. The van der Waals surface area contributed by atoms with Crippen LogP contribution in [0, 0.1) is 12.3 Å². The van der Waals surface area contributed by atoms with E-state index in [1.807, 2.05) is 12.1 Å². The fraction of sp³-hybridized carbons (Fsp3) is 0.273. The predicted octanol–water partition coefficient (Wildman–Crippen LogP) is 3.83. The highest BCUT2D eigenvalue weighted by atomic mass is 35.5. The molecule has 0 atom stereocenters. The summed E-state index contributed by atoms with van der Waals surface area (Å²) in [6.45, 7) is 0.939. The van der Waals surface area contributed by atoms with Gasteiger partial charge in [0.1, 0.15) is 5.54 Å². The number of anilines is 1. The second-order valence-electron chi connectivity index (χ2n) is 6.72. The first-order valence-electron chi connectivity index (χ1n) is 9.13. The average Bonchev–Trinajstić information content (AvgIpc) is 2.73. The lowest BCUT2D eigenvalue weighted by molar-refractivity contribution is -0.133. The molecule has 1 aliphatic heterocycles. The standard InChI is InChI=1S/C22H20Cl2N2O3/c1-2-20(27)26(19-8-4-7-18(24)14-19)22(9-11-29-12-10-22)21(28)25-15-16-5-3-6-17(23)13-16/h1,3-8,13-14H,9-12,15H2,(H,25,28). The third kappa shape index (κ3) is 4.73. The van der Waals surface area contributed by atoms with E-state index in [0.29, 0.717) is 41.8 Å². The summed E-state index contributed by atoms with van der Waals surface area (Å²) in [4.78, 5) is 27.5. The van der Waals surface area contributed by atoms with E-state index < -0.39 is 11.4 Å². The monoisotopic (exact) mass is 430 g/mol. The van der Waals surface area contributed by atoms with E-state index in [2.05, 4.69) is 11.2 Å². The number of amides is 2. The van der Waals surface area contributed by atoms with Crippen LogP contribution >= 0.6 is 23.2 Å². The number of ether oxygens (including phenoxy) is 1. The Hall–Kier alpha value is -2.52. The molecule has 0 unspecified atom stereocenters. The normalized spacial score (nSPS) is 15.2. The van der Waals surface area contributed by atoms with Crippen LogP contribution in [0.5, 0.6) is 0 Å². The first-order valence-corrected chi connectivity index (χ1v) is 9.89. The fourth-order valence-electron chi connectivity index (χ4n) is 3.49. The van der Waals surface area contributed by atoms with E-state index in [9.17, 15) is 9.59 Å². The van der Waals surface area contributed by atoms with Gasteiger partial charge in [-0.1, -0.05) is 41.4 Å². The molecule has 2 aromatic rings. The molecular formula is C22H20Cl2N2O3. The van der Waals surface area contributed by atoms with Gasteiger partial charge >= 0.3 is 5.91 Å². The van der Waals surface area contributed by atoms with E-state index >= 15 is 0 Å². The fourth-order valence-corrected chi connectivity index (χ4v) is 3.89. The Kier molecular flexibility index (Phi) is 6.81. The maximum Gasteiger partial charge on any atom is 0.303 e. The van der Waals surface area contributed by atoms with Gasteiger partial charge in [-0.05, 0) is 41.8 Å². The van der Waals surface area contributed by atoms with Gasteiger partial charge in [0.2, 0.25) is 5.91 Å². The van der Waals surface area contributed by atoms with Crippen LogP contribution in [0.25, 0.3) is 0 Å². The minimum absolute atomic E-state index is 0.273. The number of benzene rings is 2. The first-order chi connectivity index (χ1) is 14.0. The van der Waals surface area contributed by atoms with Gasteiger partial charge in [-0.25, -0.2) is 0 Å². The summed E-state index contributed by atoms with van der Waals surface area (Å²) in [7, 11) is 0. The maximum atomic E-state index is 13.4. The number of carbonyl (C=O) groups is 2. The van der Waals surface area contributed by atoms with Gasteiger partial charge in [-0.2, -0.15) is 0 Å². The number of hydrogen-bond donors (Lipinski definition) is 1. The zero-order valence-corrected chi connectivity index (χ0v) is 17.2. The third-order valence-electron chi connectivity index (χ3n) is 4.91. The maximum absolute atomic E-state index is 13.4. The Morgan fingerprint density at radius 1 is 1.10 bits per heavy atom. The van der Waals surface area contributed by atoms with Gasteiger partial charge in [-0.15, -0.1) is 6.42 Å². The minimum atomic E-state index is -1.18. The Morgan fingerprint density at radius 2 is 1.76 bits per heavy atom. The lowest BCUT2D eigenvalue weighted by atomic mass is 9.85. The van der Waals surface area contributed by atoms with Crippen LogP contribution < -0.4 is 10.2 Å². The van der Waals surface area contributed by atoms with Crippen molar-refractivity contribution >= 4 is 40.7 Å². The van der Waals surface area contributed by atoms with Crippen LogP contribution in [-0.4, -0.2) is 30.6 Å². The molecule has 0 aliphatic carbocycles. The molecule has 0 aromatic heterocycles. The van der Waals surface area contributed by atoms with Gasteiger partial charge in [-0.3, -0.25) is 14.5 Å². The van der Waals surface area contributed by atoms with Crippen molar-refractivity contribution in [3.63, 3.8) is 0 Å². The summed E-state index contributed by atoms with van der Waals surface area (Å²) >= 11 is 12.2. The number of halogens is 2. The smallest absolute Gasteiger partial charge is 0.303 e. The van der Waals surface area contributed by atoms with Crippen molar-refractivity contribution in [3.8, 4) is 12.3 Å². The highest BCUT2D eigenvalue weighted by molar-refractivity contribution is 6.31. The summed E-state index contributed by atoms with van der Waals surface area (Å²) in [6, 6.07) is 14.0. The van der Waals surface area contributed by atoms with Crippen molar-refractivity contribution in [2.45, 2.75) is 24.9 Å². The summed E-state index contributed by atoms with van der Waals surface area (Å²) in [5.41, 5.74) is 0.149. The highest BCUT2D eigenvalue weighted by Gasteiger charge is 2.48. The van der Waals surface area contributed by atoms with Crippen LogP contribution in [0.3, 0.4) is 0 Å². The third-order valence-corrected chi connectivity index (χ3v) is 5.38. The van der Waals surface area contributed by atoms with Gasteiger partial charge in [0.05, 0.1) is 0 Å². The lowest BCUT2D eigenvalue weighted by Gasteiger charge is -2.44. The van der Waals surface area contributed by atoms with E-state index in [-0.39, 0.29) is 12.5 Å². The molecule has 0 radical (unpaired) electrons. The van der Waals surface area contributed by atoms with Gasteiger partial charge in [0.25, 0.3) is 0 Å². The molecule has 1 N–H and O–H groups in total. The second kappa shape index (κ2) is 9.32. The highest BCUT2D eigenvalue weighted by Crippen LogP contribution is 2.34. The number of hydrogen-bond acceptors (Lipinski definition) is 3. The molecule has 7 heteroatoms. The molecule has 1 fully saturated rings. The molecule has 2 amide bonds. The largest absolute Gasteiger partial charge is 0.381 e. The van der Waals surface area contributed by atoms with E-state index in [0.717, 1.165) is 5.56 Å². The summed E-state index contributed by atoms with van der Waals surface area (Å²) in [5, 5.41) is 3.96. The van der Waals surface area contributed by atoms with Crippen molar-refractivity contribution in [1.29, 1.82) is 0 Å². The molecule has 2 aromatic carbocycles. The van der Waals surface area contributed by atoms with Crippen LogP contribution in [0.15, 0.2) is 48.5 Å². The van der Waals surface area contributed by atoms with E-state index in [1.54, 1.807) is 36.4 Å². The van der Waals surface area contributed by atoms with Gasteiger partial charge in [0.15, 0.2) is 0 Å². The molecular weight excluding hydrogens is 411 g/mol. The number of nitrogens with one attached hydrogen (secondary N) is 1. The molecule has 0 bridgehead atoms. The Labute approximate surface area is 179 Å². The molecule has 29 heavy (non-hydrogen) atoms. The van der Waals surface area contributed by atoms with Crippen LogP contribution in [0.2, 0.25) is 10.0 Å². The van der Waals surface area contributed by atoms with Crippen LogP contribution in [-0.2, 0) is 20.9 Å². The van der Waals surface area contributed by atoms with Crippen LogP contribution in [0.4, 0.5) is 5.69 Å². The number of carbonyl (C=O) groups excluding carboxylic acids is 2. The quantitative estimate of drug-likeness (QED) is 0.733. The van der Waals surface area contributed by atoms with E-state index in [4.69, 9.17) is 34.4 Å². The molecule has 3 rings (SSSR count). The Balaban J connectivity index is 1.95. The van der Waals surface area contributed by atoms with Crippen molar-refractivity contribution in [2.24, 2.45) is 0 Å². The summed E-state index contributed by atoms with van der Waals surface area (Å²) in [5.74, 6) is 1.24. The van der Waals surface area contributed by atoms with E-state index in [1.165, 1.54) is 4.90 Å². The molecule has 0 spiro atoms. The first kappa shape index (κ1) is 21.2. The van der Waals surface area contributed by atoms with Crippen molar-refractivity contribution < 1.29 is 14.3 Å². The van der Waals surface area contributed by atoms with Crippen molar-refractivity contribution in [1.82, 2.24) is 5.32 Å². The zero-order chi connectivity index (χ0) is 20.9. The van der Waals surface area contributed by atoms with Gasteiger partial charge in [0, 0.05) is 48.3 Å². The topological polar surface area (TPSA) is 58.6 Å². The predicted molar refractivity (Wildman–Crippen MR) is 114 cm³/mol. The number of rotatable bonds is 5. The van der Waals surface area contributed by atoms with Gasteiger partial charge < -0.3 is 10.1 Å². The molecule has 1 aliphatic rings. The second-order valence-corrected chi connectivity index (χ2v) is 7.59. The Morgan fingerprint density at radius 3 is 2.38 bits per heavy atom. The number of nitrogens with zero attached hydrogens (tertiary/aromatic N) is 1.